The zero-order chi connectivity index (χ0) is 24.1. The summed E-state index contributed by atoms with van der Waals surface area (Å²) in [6.07, 6.45) is 4.50. The van der Waals surface area contributed by atoms with Crippen LogP contribution in [0.3, 0.4) is 0 Å². The van der Waals surface area contributed by atoms with Crippen LogP contribution in [0.4, 0.5) is 29.0 Å². The SMILES string of the molecule is N#Cc1c(N2CCCCCC2)nc(N)c2c(N)nc3c(c12)CC(=O)N3c1ccc2ccccc2c1. The van der Waals surface area contributed by atoms with E-state index >= 15 is 0 Å². The quantitative estimate of drug-likeness (QED) is 0.451. The summed E-state index contributed by atoms with van der Waals surface area (Å²) in [7, 11) is 0. The van der Waals surface area contributed by atoms with Gasteiger partial charge in [0.25, 0.3) is 0 Å². The van der Waals surface area contributed by atoms with Gasteiger partial charge in [-0.25, -0.2) is 9.97 Å². The van der Waals surface area contributed by atoms with Gasteiger partial charge in [0.15, 0.2) is 0 Å². The van der Waals surface area contributed by atoms with Crippen LogP contribution in [0.5, 0.6) is 0 Å². The average Bonchev–Trinajstić information content (AvgIpc) is 3.01. The first-order valence-electron chi connectivity index (χ1n) is 11.9. The smallest absolute Gasteiger partial charge is 0.237 e. The lowest BCUT2D eigenvalue weighted by Crippen LogP contribution is -2.26. The summed E-state index contributed by atoms with van der Waals surface area (Å²) < 4.78 is 0. The number of anilines is 5. The number of nitrogen functional groups attached to an aromatic ring is 2. The van der Waals surface area contributed by atoms with Gasteiger partial charge in [-0.15, -0.1) is 0 Å². The van der Waals surface area contributed by atoms with Crippen molar-refractivity contribution in [1.82, 2.24) is 9.97 Å². The number of carbonyl (C=O) groups excluding carboxylic acids is 1. The third-order valence-electron chi connectivity index (χ3n) is 7.06. The molecule has 0 unspecified atom stereocenters. The van der Waals surface area contributed by atoms with Crippen LogP contribution in [0.15, 0.2) is 42.5 Å². The summed E-state index contributed by atoms with van der Waals surface area (Å²) in [5.74, 6) is 1.32. The second-order valence-corrected chi connectivity index (χ2v) is 9.20. The normalized spacial score (nSPS) is 15.9. The molecule has 174 valence electrons. The number of carbonyl (C=O) groups is 1. The molecule has 0 bridgehead atoms. The van der Waals surface area contributed by atoms with Crippen LogP contribution in [-0.4, -0.2) is 29.0 Å². The van der Waals surface area contributed by atoms with Gasteiger partial charge in [0.2, 0.25) is 5.91 Å². The number of pyridine rings is 2. The molecule has 4 aromatic rings. The van der Waals surface area contributed by atoms with Crippen molar-refractivity contribution >= 4 is 56.4 Å². The number of fused-ring (bicyclic) bond motifs is 4. The fourth-order valence-corrected chi connectivity index (χ4v) is 5.40. The monoisotopic (exact) mass is 463 g/mol. The molecule has 2 aliphatic heterocycles. The van der Waals surface area contributed by atoms with E-state index in [-0.39, 0.29) is 24.0 Å². The molecule has 8 heteroatoms. The number of rotatable bonds is 2. The maximum Gasteiger partial charge on any atom is 0.237 e. The van der Waals surface area contributed by atoms with Gasteiger partial charge in [0, 0.05) is 24.0 Å². The van der Waals surface area contributed by atoms with Crippen LogP contribution in [-0.2, 0) is 11.2 Å². The summed E-state index contributed by atoms with van der Waals surface area (Å²) >= 11 is 0. The van der Waals surface area contributed by atoms with Gasteiger partial charge >= 0.3 is 0 Å². The highest BCUT2D eigenvalue weighted by atomic mass is 16.2. The van der Waals surface area contributed by atoms with E-state index in [2.05, 4.69) is 20.9 Å². The standard InChI is InChI=1S/C27H25N7O/c28-15-20-22-19-14-21(35)34(18-10-9-16-7-3-4-8-17(16)13-18)27(19)32-25(30)23(22)24(29)31-26(20)33-11-5-1-2-6-12-33/h3-4,7-10,13H,1-2,5-6,11-12,14H2,(H2,29,31)(H2,30,32). The number of nitrogens with two attached hydrogens (primary N) is 2. The van der Waals surface area contributed by atoms with Gasteiger partial charge in [-0.05, 0) is 35.7 Å². The highest BCUT2D eigenvalue weighted by Gasteiger charge is 2.35. The molecule has 2 aromatic heterocycles. The Balaban J connectivity index is 1.58. The molecule has 4 heterocycles. The Bertz CT molecular complexity index is 1550. The van der Waals surface area contributed by atoms with Gasteiger partial charge in [-0.1, -0.05) is 43.2 Å². The molecule has 0 saturated carbocycles. The first-order chi connectivity index (χ1) is 17.1. The highest BCUT2D eigenvalue weighted by molar-refractivity contribution is 6.16. The molecule has 2 aliphatic rings. The van der Waals surface area contributed by atoms with Crippen LogP contribution >= 0.6 is 0 Å². The van der Waals surface area contributed by atoms with Gasteiger partial charge in [-0.3, -0.25) is 9.69 Å². The first-order valence-corrected chi connectivity index (χ1v) is 11.9. The van der Waals surface area contributed by atoms with Crippen LogP contribution < -0.4 is 21.3 Å². The third kappa shape index (κ3) is 3.31. The minimum atomic E-state index is -0.120. The van der Waals surface area contributed by atoms with Crippen molar-refractivity contribution in [3.05, 3.63) is 53.6 Å². The fourth-order valence-electron chi connectivity index (χ4n) is 5.40. The van der Waals surface area contributed by atoms with Crippen molar-refractivity contribution in [2.45, 2.75) is 32.1 Å². The van der Waals surface area contributed by atoms with Gasteiger partial charge < -0.3 is 16.4 Å². The van der Waals surface area contributed by atoms with Crippen LogP contribution in [0.25, 0.3) is 21.5 Å². The molecular weight excluding hydrogens is 438 g/mol. The Morgan fingerprint density at radius 2 is 1.54 bits per heavy atom. The van der Waals surface area contributed by atoms with E-state index in [1.165, 1.54) is 0 Å². The Morgan fingerprint density at radius 1 is 0.857 bits per heavy atom. The molecule has 1 saturated heterocycles. The maximum atomic E-state index is 13.3. The van der Waals surface area contributed by atoms with Gasteiger partial charge in [0.05, 0.1) is 17.5 Å². The molecule has 1 fully saturated rings. The Labute approximate surface area is 202 Å². The largest absolute Gasteiger partial charge is 0.383 e. The van der Waals surface area contributed by atoms with Gasteiger partial charge in [0.1, 0.15) is 34.9 Å². The summed E-state index contributed by atoms with van der Waals surface area (Å²) in [4.78, 5) is 26.3. The summed E-state index contributed by atoms with van der Waals surface area (Å²) in [6, 6.07) is 16.2. The van der Waals surface area contributed by atoms with E-state index in [1.807, 2.05) is 42.5 Å². The van der Waals surface area contributed by atoms with E-state index in [0.717, 1.165) is 49.5 Å². The topological polar surface area (TPSA) is 125 Å². The van der Waals surface area contributed by atoms with Crippen molar-refractivity contribution in [3.8, 4) is 6.07 Å². The molecule has 0 atom stereocenters. The van der Waals surface area contributed by atoms with E-state index in [0.29, 0.717) is 39.2 Å². The van der Waals surface area contributed by atoms with E-state index < -0.39 is 0 Å². The molecule has 8 nitrogen and oxygen atoms in total. The summed E-state index contributed by atoms with van der Waals surface area (Å²) in [5.41, 5.74) is 14.6. The second kappa shape index (κ2) is 8.13. The van der Waals surface area contributed by atoms with Crippen LogP contribution in [0, 0.1) is 11.3 Å². The van der Waals surface area contributed by atoms with E-state index in [9.17, 15) is 10.1 Å². The third-order valence-corrected chi connectivity index (χ3v) is 7.06. The zero-order valence-electron chi connectivity index (χ0n) is 19.3. The molecule has 35 heavy (non-hydrogen) atoms. The summed E-state index contributed by atoms with van der Waals surface area (Å²) in [5, 5.41) is 13.4. The highest BCUT2D eigenvalue weighted by Crippen LogP contribution is 2.44. The molecule has 0 radical (unpaired) electrons. The van der Waals surface area contributed by atoms with Crippen molar-refractivity contribution in [3.63, 3.8) is 0 Å². The lowest BCUT2D eigenvalue weighted by atomic mass is 10.0. The molecule has 1 amide bonds. The average molecular weight is 464 g/mol. The second-order valence-electron chi connectivity index (χ2n) is 9.20. The fraction of sp³-hybridized carbons (Fsp3) is 0.259. The Hall–Kier alpha value is -4.38. The summed E-state index contributed by atoms with van der Waals surface area (Å²) in [6.45, 7) is 1.63. The number of aromatic nitrogens is 2. The predicted molar refractivity (Wildman–Crippen MR) is 139 cm³/mol. The van der Waals surface area contributed by atoms with Crippen LogP contribution in [0.2, 0.25) is 0 Å². The van der Waals surface area contributed by atoms with Crippen molar-refractivity contribution in [1.29, 1.82) is 5.26 Å². The number of nitrogens with zero attached hydrogens (tertiary/aromatic N) is 5. The molecule has 2 aromatic carbocycles. The molecule has 0 spiro atoms. The number of benzene rings is 2. The van der Waals surface area contributed by atoms with E-state index in [4.69, 9.17) is 11.5 Å². The first kappa shape index (κ1) is 21.2. The minimum Gasteiger partial charge on any atom is -0.383 e. The maximum absolute atomic E-state index is 13.3. The lowest BCUT2D eigenvalue weighted by molar-refractivity contribution is -0.116. The number of hydrogen-bond donors (Lipinski definition) is 2. The Kier molecular flexibility index (Phi) is 4.92. The zero-order valence-corrected chi connectivity index (χ0v) is 19.3. The number of hydrogen-bond acceptors (Lipinski definition) is 7. The molecular formula is C27H25N7O. The number of nitriles is 1. The number of amides is 1. The predicted octanol–water partition coefficient (Wildman–Crippen LogP) is 4.42. The lowest BCUT2D eigenvalue weighted by Gasteiger charge is -2.24. The Morgan fingerprint density at radius 3 is 2.26 bits per heavy atom. The minimum absolute atomic E-state index is 0.115. The molecule has 6 rings (SSSR count). The van der Waals surface area contributed by atoms with Crippen molar-refractivity contribution in [2.75, 3.05) is 34.4 Å². The van der Waals surface area contributed by atoms with Crippen molar-refractivity contribution < 1.29 is 4.79 Å². The van der Waals surface area contributed by atoms with Crippen molar-refractivity contribution in [2.24, 2.45) is 0 Å². The van der Waals surface area contributed by atoms with Gasteiger partial charge in [-0.2, -0.15) is 5.26 Å². The molecule has 0 aliphatic carbocycles. The molecule has 4 N–H and O–H groups in total. The van der Waals surface area contributed by atoms with E-state index in [1.54, 1.807) is 4.90 Å². The van der Waals surface area contributed by atoms with Crippen LogP contribution in [0.1, 0.15) is 36.8 Å².